The Labute approximate surface area is 188 Å². The number of allylic oxidation sites excluding steroid dienone is 3. The summed E-state index contributed by atoms with van der Waals surface area (Å²) in [5.41, 5.74) is -0.342. The zero-order valence-electron chi connectivity index (χ0n) is 21.6. The predicted octanol–water partition coefficient (Wildman–Crippen LogP) is 8.58. The Balaban J connectivity index is 6.15. The molecule has 1 unspecified atom stereocenters. The minimum absolute atomic E-state index is 0.00148. The van der Waals surface area contributed by atoms with Gasteiger partial charge in [-0.1, -0.05) is 83.1 Å². The van der Waals surface area contributed by atoms with Crippen molar-refractivity contribution in [3.8, 4) is 0 Å². The lowest BCUT2D eigenvalue weighted by Crippen LogP contribution is -2.57. The fraction of sp³-hybridized carbons (Fsp3) is 0.852. The van der Waals surface area contributed by atoms with Gasteiger partial charge in [-0.25, -0.2) is 0 Å². The van der Waals surface area contributed by atoms with Crippen LogP contribution in [0.4, 0.5) is 0 Å². The van der Waals surface area contributed by atoms with Gasteiger partial charge in [0.25, 0.3) is 5.97 Å². The first-order chi connectivity index (χ1) is 14.2. The lowest BCUT2D eigenvalue weighted by Gasteiger charge is -2.50. The lowest BCUT2D eigenvalue weighted by atomic mass is 9.75. The summed E-state index contributed by atoms with van der Waals surface area (Å²) in [4.78, 5) is 0. The molecule has 3 heteroatoms. The molecular weight excluding hydrogens is 372 g/mol. The molecule has 0 heterocycles. The van der Waals surface area contributed by atoms with Crippen molar-refractivity contribution < 1.29 is 14.2 Å². The molecule has 0 bridgehead atoms. The lowest BCUT2D eigenvalue weighted by molar-refractivity contribution is -0.449. The van der Waals surface area contributed by atoms with Crippen molar-refractivity contribution in [1.29, 1.82) is 0 Å². The molecule has 0 aliphatic heterocycles. The predicted molar refractivity (Wildman–Crippen MR) is 131 cm³/mol. The Bertz CT molecular complexity index is 438. The molecule has 0 saturated heterocycles. The van der Waals surface area contributed by atoms with E-state index >= 15 is 0 Å². The SMILES string of the molecule is CC=CC=CC(CCC)(CCCCCCCC)C(OC(C)C)(OC(C)C)OC(C)C. The normalized spacial score (nSPS) is 15.3. The summed E-state index contributed by atoms with van der Waals surface area (Å²) in [6, 6.07) is 0. The first kappa shape index (κ1) is 29.4. The fourth-order valence-corrected chi connectivity index (χ4v) is 4.08. The summed E-state index contributed by atoms with van der Waals surface area (Å²) in [5.74, 6) is -1.10. The topological polar surface area (TPSA) is 27.7 Å². The third-order valence-corrected chi connectivity index (χ3v) is 5.17. The Kier molecular flexibility index (Phi) is 15.7. The van der Waals surface area contributed by atoms with Gasteiger partial charge in [-0.15, -0.1) is 0 Å². The van der Waals surface area contributed by atoms with Crippen molar-refractivity contribution in [2.24, 2.45) is 5.41 Å². The summed E-state index contributed by atoms with van der Waals surface area (Å²) in [6.45, 7) is 19.0. The van der Waals surface area contributed by atoms with Crippen LogP contribution >= 0.6 is 0 Å². The molecule has 0 rings (SSSR count). The number of unbranched alkanes of at least 4 members (excludes halogenated alkanes) is 5. The second kappa shape index (κ2) is 16.1. The van der Waals surface area contributed by atoms with E-state index in [2.05, 4.69) is 79.7 Å². The third-order valence-electron chi connectivity index (χ3n) is 5.17. The van der Waals surface area contributed by atoms with Gasteiger partial charge >= 0.3 is 0 Å². The van der Waals surface area contributed by atoms with Crippen LogP contribution in [0.5, 0.6) is 0 Å². The van der Waals surface area contributed by atoms with Gasteiger partial charge in [0.05, 0.1) is 23.7 Å². The maximum absolute atomic E-state index is 6.58. The first-order valence-corrected chi connectivity index (χ1v) is 12.5. The quantitative estimate of drug-likeness (QED) is 0.125. The van der Waals surface area contributed by atoms with Gasteiger partial charge in [-0.2, -0.15) is 0 Å². The van der Waals surface area contributed by atoms with Gasteiger partial charge in [0.2, 0.25) is 0 Å². The molecule has 0 aromatic rings. The monoisotopic (exact) mass is 424 g/mol. The van der Waals surface area contributed by atoms with Crippen molar-refractivity contribution in [1.82, 2.24) is 0 Å². The van der Waals surface area contributed by atoms with Crippen LogP contribution in [-0.4, -0.2) is 24.3 Å². The van der Waals surface area contributed by atoms with Crippen molar-refractivity contribution >= 4 is 0 Å². The van der Waals surface area contributed by atoms with E-state index in [9.17, 15) is 0 Å². The summed E-state index contributed by atoms with van der Waals surface area (Å²) in [7, 11) is 0. The molecule has 0 aromatic heterocycles. The molecule has 0 radical (unpaired) electrons. The van der Waals surface area contributed by atoms with Crippen molar-refractivity contribution in [3.05, 3.63) is 24.3 Å². The minimum atomic E-state index is -1.10. The molecular formula is C27H52O3. The van der Waals surface area contributed by atoms with E-state index < -0.39 is 5.97 Å². The molecule has 0 spiro atoms. The molecule has 0 saturated carbocycles. The summed E-state index contributed by atoms with van der Waals surface area (Å²) in [6.07, 6.45) is 19.2. The second-order valence-corrected chi connectivity index (χ2v) is 9.36. The highest BCUT2D eigenvalue weighted by Gasteiger charge is 2.54. The van der Waals surface area contributed by atoms with Crippen LogP contribution < -0.4 is 0 Å². The average molecular weight is 425 g/mol. The van der Waals surface area contributed by atoms with Crippen molar-refractivity contribution in [3.63, 3.8) is 0 Å². The van der Waals surface area contributed by atoms with Gasteiger partial charge in [-0.3, -0.25) is 0 Å². The van der Waals surface area contributed by atoms with Gasteiger partial charge in [0, 0.05) is 0 Å². The standard InChI is InChI=1S/C27H52O3/c1-10-13-15-16-17-19-22-26(20-12-3,21-18-14-11-2)27(28-23(4)5,29-24(6)7)30-25(8)9/h11,14,18,21,23-25H,10,12-13,15-17,19-20,22H2,1-9H3. The third kappa shape index (κ3) is 10.6. The second-order valence-electron chi connectivity index (χ2n) is 9.36. The minimum Gasteiger partial charge on any atom is -0.324 e. The van der Waals surface area contributed by atoms with E-state index in [1.165, 1.54) is 32.1 Å². The number of hydrogen-bond donors (Lipinski definition) is 0. The molecule has 178 valence electrons. The maximum Gasteiger partial charge on any atom is 0.293 e. The van der Waals surface area contributed by atoms with Crippen LogP contribution in [0.2, 0.25) is 0 Å². The molecule has 0 aliphatic rings. The van der Waals surface area contributed by atoms with Gasteiger partial charge in [0.1, 0.15) is 0 Å². The Morgan fingerprint density at radius 3 is 1.57 bits per heavy atom. The zero-order valence-corrected chi connectivity index (χ0v) is 21.6. The largest absolute Gasteiger partial charge is 0.324 e. The van der Waals surface area contributed by atoms with Crippen LogP contribution in [0.3, 0.4) is 0 Å². The van der Waals surface area contributed by atoms with E-state index in [0.29, 0.717) is 0 Å². The van der Waals surface area contributed by atoms with Crippen LogP contribution in [-0.2, 0) is 14.2 Å². The first-order valence-electron chi connectivity index (χ1n) is 12.5. The highest BCUT2D eigenvalue weighted by atomic mass is 16.9. The molecule has 0 fully saturated rings. The average Bonchev–Trinajstić information content (AvgIpc) is 2.62. The van der Waals surface area contributed by atoms with E-state index in [1.807, 2.05) is 6.92 Å². The highest BCUT2D eigenvalue weighted by molar-refractivity contribution is 5.12. The molecule has 30 heavy (non-hydrogen) atoms. The van der Waals surface area contributed by atoms with E-state index in [4.69, 9.17) is 14.2 Å². The molecule has 0 N–H and O–H groups in total. The maximum atomic E-state index is 6.58. The molecule has 0 aromatic carbocycles. The molecule has 0 amide bonds. The number of hydrogen-bond acceptors (Lipinski definition) is 3. The van der Waals surface area contributed by atoms with Gasteiger partial charge in [0.15, 0.2) is 0 Å². The van der Waals surface area contributed by atoms with Gasteiger partial charge in [-0.05, 0) is 61.3 Å². The summed E-state index contributed by atoms with van der Waals surface area (Å²) in [5, 5.41) is 0. The Morgan fingerprint density at radius 1 is 0.633 bits per heavy atom. The highest BCUT2D eigenvalue weighted by Crippen LogP contribution is 2.48. The van der Waals surface area contributed by atoms with Crippen molar-refractivity contribution in [2.75, 3.05) is 0 Å². The van der Waals surface area contributed by atoms with Crippen LogP contribution in [0.15, 0.2) is 24.3 Å². The number of rotatable bonds is 18. The van der Waals surface area contributed by atoms with E-state index in [0.717, 1.165) is 25.7 Å². The zero-order chi connectivity index (χ0) is 23.0. The van der Waals surface area contributed by atoms with Crippen LogP contribution in [0, 0.1) is 5.41 Å². The summed E-state index contributed by atoms with van der Waals surface area (Å²) >= 11 is 0. The van der Waals surface area contributed by atoms with Gasteiger partial charge < -0.3 is 14.2 Å². The molecule has 0 aliphatic carbocycles. The van der Waals surface area contributed by atoms with Crippen LogP contribution in [0.1, 0.15) is 120 Å². The molecule has 1 atom stereocenters. The fourth-order valence-electron chi connectivity index (χ4n) is 4.08. The molecule has 3 nitrogen and oxygen atoms in total. The summed E-state index contributed by atoms with van der Waals surface area (Å²) < 4.78 is 19.8. The smallest absolute Gasteiger partial charge is 0.293 e. The Morgan fingerprint density at radius 2 is 1.13 bits per heavy atom. The Hall–Kier alpha value is -0.640. The van der Waals surface area contributed by atoms with E-state index in [-0.39, 0.29) is 23.7 Å². The number of ether oxygens (including phenoxy) is 3. The van der Waals surface area contributed by atoms with E-state index in [1.54, 1.807) is 0 Å². The van der Waals surface area contributed by atoms with Crippen molar-refractivity contribution in [2.45, 2.75) is 144 Å². The van der Waals surface area contributed by atoms with Crippen LogP contribution in [0.25, 0.3) is 0 Å².